The molecule has 0 aliphatic rings. The third-order valence-electron chi connectivity index (χ3n) is 9.90. The van der Waals surface area contributed by atoms with Crippen LogP contribution in [-0.2, 0) is 0 Å². The van der Waals surface area contributed by atoms with Gasteiger partial charge in [0.2, 0.25) is 0 Å². The number of benzene rings is 8. The molecular formula is C48H31NOS. The number of para-hydroxylation sites is 1. The van der Waals surface area contributed by atoms with E-state index < -0.39 is 0 Å². The highest BCUT2D eigenvalue weighted by atomic mass is 32.1. The van der Waals surface area contributed by atoms with Gasteiger partial charge >= 0.3 is 0 Å². The summed E-state index contributed by atoms with van der Waals surface area (Å²) in [6.07, 6.45) is 0. The van der Waals surface area contributed by atoms with Crippen molar-refractivity contribution in [3.8, 4) is 33.4 Å². The Morgan fingerprint density at radius 3 is 1.61 bits per heavy atom. The maximum atomic E-state index is 6.23. The van der Waals surface area contributed by atoms with Crippen molar-refractivity contribution >= 4 is 70.5 Å². The Morgan fingerprint density at radius 1 is 0.353 bits per heavy atom. The number of nitrogens with zero attached hydrogens (tertiary/aromatic N) is 1. The van der Waals surface area contributed by atoms with E-state index in [1.165, 1.54) is 42.4 Å². The van der Waals surface area contributed by atoms with Crippen LogP contribution in [0.2, 0.25) is 0 Å². The first kappa shape index (κ1) is 29.5. The predicted octanol–water partition coefficient (Wildman–Crippen LogP) is 14.4. The zero-order valence-electron chi connectivity index (χ0n) is 27.7. The molecule has 0 atom stereocenters. The molecule has 0 amide bonds. The Kier molecular flexibility index (Phi) is 7.04. The quantitative estimate of drug-likeness (QED) is 0.175. The van der Waals surface area contributed by atoms with Crippen LogP contribution in [0.25, 0.3) is 75.5 Å². The highest BCUT2D eigenvalue weighted by molar-refractivity contribution is 7.27. The second-order valence-corrected chi connectivity index (χ2v) is 13.9. The average molecular weight is 670 g/mol. The van der Waals surface area contributed by atoms with Crippen molar-refractivity contribution in [1.82, 2.24) is 0 Å². The van der Waals surface area contributed by atoms with Gasteiger partial charge in [-0.15, -0.1) is 11.3 Å². The van der Waals surface area contributed by atoms with Crippen molar-refractivity contribution in [3.05, 3.63) is 188 Å². The molecule has 2 aromatic heterocycles. The molecule has 51 heavy (non-hydrogen) atoms. The molecule has 240 valence electrons. The molecule has 10 rings (SSSR count). The van der Waals surface area contributed by atoms with E-state index in [0.29, 0.717) is 0 Å². The van der Waals surface area contributed by atoms with Gasteiger partial charge in [0, 0.05) is 37.6 Å². The van der Waals surface area contributed by atoms with Crippen LogP contribution in [0.3, 0.4) is 0 Å². The van der Waals surface area contributed by atoms with Crippen LogP contribution in [0.5, 0.6) is 0 Å². The monoisotopic (exact) mass is 669 g/mol. The van der Waals surface area contributed by atoms with Crippen molar-refractivity contribution in [3.63, 3.8) is 0 Å². The van der Waals surface area contributed by atoms with Gasteiger partial charge in [-0.1, -0.05) is 140 Å². The number of furan rings is 1. The largest absolute Gasteiger partial charge is 0.456 e. The smallest absolute Gasteiger partial charge is 0.136 e. The maximum Gasteiger partial charge on any atom is 0.136 e. The first-order valence-electron chi connectivity index (χ1n) is 17.3. The van der Waals surface area contributed by atoms with Crippen LogP contribution in [0.15, 0.2) is 192 Å². The fraction of sp³-hybridized carbons (Fsp3) is 0. The van der Waals surface area contributed by atoms with Gasteiger partial charge < -0.3 is 9.32 Å². The second kappa shape index (κ2) is 12.2. The van der Waals surface area contributed by atoms with E-state index >= 15 is 0 Å². The van der Waals surface area contributed by atoms with Gasteiger partial charge in [-0.3, -0.25) is 0 Å². The van der Waals surface area contributed by atoms with Gasteiger partial charge in [0.1, 0.15) is 11.2 Å². The number of hydrogen-bond donors (Lipinski definition) is 0. The highest BCUT2D eigenvalue weighted by Gasteiger charge is 2.20. The summed E-state index contributed by atoms with van der Waals surface area (Å²) >= 11 is 1.88. The van der Waals surface area contributed by atoms with E-state index in [9.17, 15) is 0 Å². The topological polar surface area (TPSA) is 16.4 Å². The molecule has 0 radical (unpaired) electrons. The summed E-state index contributed by atoms with van der Waals surface area (Å²) in [6, 6.07) is 67.3. The molecule has 0 aliphatic carbocycles. The van der Waals surface area contributed by atoms with Gasteiger partial charge in [0.05, 0.1) is 10.4 Å². The first-order valence-corrected chi connectivity index (χ1v) is 18.1. The van der Waals surface area contributed by atoms with E-state index in [-0.39, 0.29) is 0 Å². The fourth-order valence-corrected chi connectivity index (χ4v) is 8.74. The van der Waals surface area contributed by atoms with Gasteiger partial charge in [0.15, 0.2) is 0 Å². The molecule has 0 fully saturated rings. The SMILES string of the molecule is c1ccc(-c2ccc(N(c3ccc(-c4ccc5c(c4)oc4ccccc45)cc3)c3cccc4c3sc3c(-c5ccccc5)cccc34)cc2)cc1. The van der Waals surface area contributed by atoms with Crippen LogP contribution in [0.1, 0.15) is 0 Å². The lowest BCUT2D eigenvalue weighted by Gasteiger charge is -2.26. The summed E-state index contributed by atoms with van der Waals surface area (Å²) in [5, 5.41) is 4.85. The number of anilines is 3. The van der Waals surface area contributed by atoms with Crippen molar-refractivity contribution in [2.45, 2.75) is 0 Å². The summed E-state index contributed by atoms with van der Waals surface area (Å²) in [5.74, 6) is 0. The van der Waals surface area contributed by atoms with Crippen molar-refractivity contribution in [2.24, 2.45) is 0 Å². The Balaban J connectivity index is 1.11. The zero-order chi connectivity index (χ0) is 33.7. The number of thiophene rings is 1. The Hall–Kier alpha value is -6.42. The molecule has 2 nitrogen and oxygen atoms in total. The lowest BCUT2D eigenvalue weighted by Crippen LogP contribution is -2.10. The lowest BCUT2D eigenvalue weighted by atomic mass is 10.0. The molecule has 8 aromatic carbocycles. The van der Waals surface area contributed by atoms with Gasteiger partial charge in [0.25, 0.3) is 0 Å². The van der Waals surface area contributed by atoms with Crippen molar-refractivity contribution < 1.29 is 4.42 Å². The number of rotatable bonds is 6. The Morgan fingerprint density at radius 2 is 0.882 bits per heavy atom. The minimum absolute atomic E-state index is 0.907. The molecule has 3 heteroatoms. The molecule has 0 unspecified atom stereocenters. The third kappa shape index (κ3) is 5.10. The predicted molar refractivity (Wildman–Crippen MR) is 218 cm³/mol. The minimum Gasteiger partial charge on any atom is -0.456 e. The lowest BCUT2D eigenvalue weighted by molar-refractivity contribution is 0.669. The molecule has 0 spiro atoms. The summed E-state index contributed by atoms with van der Waals surface area (Å²) in [5.41, 5.74) is 12.4. The highest BCUT2D eigenvalue weighted by Crippen LogP contribution is 2.47. The second-order valence-electron chi connectivity index (χ2n) is 12.9. The Bertz CT molecular complexity index is 2830. The summed E-state index contributed by atoms with van der Waals surface area (Å²) in [7, 11) is 0. The van der Waals surface area contributed by atoms with Crippen molar-refractivity contribution in [1.29, 1.82) is 0 Å². The molecule has 0 saturated carbocycles. The standard InChI is InChI=1S/C48H31NOS/c1-3-11-32(12-4-1)33-21-26-37(27-22-33)49(38-28-23-34(24-29-38)36-25-30-41-40-15-7-8-20-45(40)50-46(41)31-36)44-19-10-18-43-42-17-9-16-39(47(42)51-48(43)44)35-13-5-2-6-14-35/h1-31H. The van der Waals surface area contributed by atoms with E-state index in [1.807, 2.05) is 23.5 Å². The minimum atomic E-state index is 0.907. The van der Waals surface area contributed by atoms with E-state index in [1.54, 1.807) is 0 Å². The molecule has 2 heterocycles. The number of fused-ring (bicyclic) bond motifs is 6. The summed E-state index contributed by atoms with van der Waals surface area (Å²) < 4.78 is 8.80. The van der Waals surface area contributed by atoms with E-state index in [0.717, 1.165) is 50.1 Å². The first-order chi connectivity index (χ1) is 25.3. The Labute approximate surface area is 300 Å². The molecule has 0 N–H and O–H groups in total. The average Bonchev–Trinajstić information content (AvgIpc) is 3.78. The van der Waals surface area contributed by atoms with Crippen LogP contribution >= 0.6 is 11.3 Å². The molecular weight excluding hydrogens is 639 g/mol. The molecule has 10 aromatic rings. The zero-order valence-corrected chi connectivity index (χ0v) is 28.5. The van der Waals surface area contributed by atoms with Crippen LogP contribution in [0.4, 0.5) is 17.1 Å². The van der Waals surface area contributed by atoms with E-state index in [2.05, 4.69) is 181 Å². The van der Waals surface area contributed by atoms with Gasteiger partial charge in [-0.2, -0.15) is 0 Å². The normalized spacial score (nSPS) is 11.5. The number of hydrogen-bond acceptors (Lipinski definition) is 3. The summed E-state index contributed by atoms with van der Waals surface area (Å²) in [6.45, 7) is 0. The molecule has 0 aliphatic heterocycles. The third-order valence-corrected chi connectivity index (χ3v) is 11.2. The van der Waals surface area contributed by atoms with E-state index in [4.69, 9.17) is 4.42 Å². The fourth-order valence-electron chi connectivity index (χ4n) is 7.40. The van der Waals surface area contributed by atoms with Crippen LogP contribution in [-0.4, -0.2) is 0 Å². The molecule has 0 saturated heterocycles. The maximum absolute atomic E-state index is 6.23. The summed E-state index contributed by atoms with van der Waals surface area (Å²) in [4.78, 5) is 2.40. The van der Waals surface area contributed by atoms with Gasteiger partial charge in [-0.05, 0) is 81.9 Å². The van der Waals surface area contributed by atoms with Gasteiger partial charge in [-0.25, -0.2) is 0 Å². The van der Waals surface area contributed by atoms with Crippen LogP contribution < -0.4 is 4.90 Å². The van der Waals surface area contributed by atoms with Crippen molar-refractivity contribution in [2.75, 3.05) is 4.90 Å². The van der Waals surface area contributed by atoms with Crippen LogP contribution in [0, 0.1) is 0 Å². The molecule has 0 bridgehead atoms.